The second-order valence-corrected chi connectivity index (χ2v) is 5.36. The van der Waals surface area contributed by atoms with Crippen molar-refractivity contribution in [1.82, 2.24) is 5.32 Å². The van der Waals surface area contributed by atoms with Crippen molar-refractivity contribution in [2.75, 3.05) is 17.7 Å². The van der Waals surface area contributed by atoms with Gasteiger partial charge >= 0.3 is 6.03 Å². The zero-order valence-corrected chi connectivity index (χ0v) is 13.9. The minimum Gasteiger partial charge on any atom is -0.497 e. The Hall–Kier alpha value is -3.02. The number of amides is 3. The summed E-state index contributed by atoms with van der Waals surface area (Å²) in [5.41, 5.74) is 2.20. The number of rotatable bonds is 5. The number of ether oxygens (including phenoxy) is 1. The Morgan fingerprint density at radius 1 is 1.00 bits per heavy atom. The Morgan fingerprint density at radius 3 is 2.21 bits per heavy atom. The summed E-state index contributed by atoms with van der Waals surface area (Å²) in [5.74, 6) is 0.606. The summed E-state index contributed by atoms with van der Waals surface area (Å²) in [6.07, 6.45) is 0. The highest BCUT2D eigenvalue weighted by Crippen LogP contribution is 2.18. The van der Waals surface area contributed by atoms with Crippen LogP contribution in [-0.4, -0.2) is 19.0 Å². The monoisotopic (exact) mass is 327 g/mol. The quantitative estimate of drug-likeness (QED) is 0.786. The minimum atomic E-state index is -0.321. The largest absolute Gasteiger partial charge is 0.497 e. The predicted molar refractivity (Wildman–Crippen MR) is 94.3 cm³/mol. The van der Waals surface area contributed by atoms with Gasteiger partial charge in [-0.2, -0.15) is 0 Å². The van der Waals surface area contributed by atoms with Crippen LogP contribution in [-0.2, 0) is 4.79 Å². The second kappa shape index (κ2) is 8.01. The Labute approximate surface area is 141 Å². The fourth-order valence-corrected chi connectivity index (χ4v) is 2.22. The van der Waals surface area contributed by atoms with Crippen molar-refractivity contribution in [3.8, 4) is 5.75 Å². The summed E-state index contributed by atoms with van der Waals surface area (Å²) in [6, 6.07) is 14.0. The van der Waals surface area contributed by atoms with Gasteiger partial charge in [0.15, 0.2) is 0 Å². The topological polar surface area (TPSA) is 79.5 Å². The Kier molecular flexibility index (Phi) is 5.78. The van der Waals surface area contributed by atoms with Gasteiger partial charge in [-0.3, -0.25) is 4.79 Å². The molecule has 2 rings (SSSR count). The molecule has 0 fully saturated rings. The SMILES string of the molecule is COc1ccc(C(C)NC(=O)Nc2cccc(NC(C)=O)c2)cc1. The van der Waals surface area contributed by atoms with E-state index in [0.717, 1.165) is 11.3 Å². The molecule has 0 aliphatic carbocycles. The van der Waals surface area contributed by atoms with Crippen LogP contribution in [0.5, 0.6) is 5.75 Å². The molecule has 0 radical (unpaired) electrons. The molecule has 6 nitrogen and oxygen atoms in total. The third kappa shape index (κ3) is 5.01. The van der Waals surface area contributed by atoms with Crippen LogP contribution in [0.25, 0.3) is 0 Å². The lowest BCUT2D eigenvalue weighted by Crippen LogP contribution is -2.31. The maximum absolute atomic E-state index is 12.1. The van der Waals surface area contributed by atoms with Crippen molar-refractivity contribution in [3.05, 3.63) is 54.1 Å². The minimum absolute atomic E-state index is 0.158. The molecular formula is C18H21N3O3. The van der Waals surface area contributed by atoms with E-state index in [4.69, 9.17) is 4.74 Å². The summed E-state index contributed by atoms with van der Waals surface area (Å²) in [5, 5.41) is 8.29. The van der Waals surface area contributed by atoms with Crippen molar-refractivity contribution >= 4 is 23.3 Å². The van der Waals surface area contributed by atoms with Gasteiger partial charge in [-0.1, -0.05) is 18.2 Å². The molecule has 1 atom stereocenters. The van der Waals surface area contributed by atoms with Crippen molar-refractivity contribution in [3.63, 3.8) is 0 Å². The van der Waals surface area contributed by atoms with E-state index in [0.29, 0.717) is 11.4 Å². The summed E-state index contributed by atoms with van der Waals surface area (Å²) in [7, 11) is 1.61. The maximum atomic E-state index is 12.1. The lowest BCUT2D eigenvalue weighted by molar-refractivity contribution is -0.114. The molecule has 0 saturated heterocycles. The first-order chi connectivity index (χ1) is 11.5. The van der Waals surface area contributed by atoms with E-state index in [1.165, 1.54) is 6.92 Å². The van der Waals surface area contributed by atoms with Gasteiger partial charge in [-0.25, -0.2) is 4.79 Å². The number of benzene rings is 2. The van der Waals surface area contributed by atoms with E-state index in [1.54, 1.807) is 31.4 Å². The van der Waals surface area contributed by atoms with Crippen molar-refractivity contribution in [2.45, 2.75) is 19.9 Å². The van der Waals surface area contributed by atoms with Crippen molar-refractivity contribution < 1.29 is 14.3 Å². The molecule has 3 N–H and O–H groups in total. The third-order valence-electron chi connectivity index (χ3n) is 3.40. The van der Waals surface area contributed by atoms with Crippen LogP contribution in [0.3, 0.4) is 0 Å². The molecule has 126 valence electrons. The van der Waals surface area contributed by atoms with Crippen LogP contribution in [0, 0.1) is 0 Å². The van der Waals surface area contributed by atoms with Crippen LogP contribution in [0.15, 0.2) is 48.5 Å². The van der Waals surface area contributed by atoms with E-state index in [2.05, 4.69) is 16.0 Å². The number of urea groups is 1. The van der Waals surface area contributed by atoms with Crippen LogP contribution < -0.4 is 20.7 Å². The molecule has 0 bridgehead atoms. The number of nitrogens with one attached hydrogen (secondary N) is 3. The number of methoxy groups -OCH3 is 1. The predicted octanol–water partition coefficient (Wildman–Crippen LogP) is 3.54. The average molecular weight is 327 g/mol. The molecule has 0 spiro atoms. The van der Waals surface area contributed by atoms with Gasteiger partial charge < -0.3 is 20.7 Å². The molecular weight excluding hydrogens is 306 g/mol. The fourth-order valence-electron chi connectivity index (χ4n) is 2.22. The van der Waals surface area contributed by atoms with Gasteiger partial charge in [0, 0.05) is 18.3 Å². The summed E-state index contributed by atoms with van der Waals surface area (Å²) < 4.78 is 5.12. The Bertz CT molecular complexity index is 714. The van der Waals surface area contributed by atoms with Gasteiger partial charge in [-0.05, 0) is 42.8 Å². The van der Waals surface area contributed by atoms with E-state index >= 15 is 0 Å². The van der Waals surface area contributed by atoms with Gasteiger partial charge in [-0.15, -0.1) is 0 Å². The molecule has 0 saturated carbocycles. The zero-order valence-electron chi connectivity index (χ0n) is 13.9. The number of hydrogen-bond donors (Lipinski definition) is 3. The lowest BCUT2D eigenvalue weighted by atomic mass is 10.1. The highest BCUT2D eigenvalue weighted by molar-refractivity contribution is 5.92. The molecule has 24 heavy (non-hydrogen) atoms. The van der Waals surface area contributed by atoms with Crippen LogP contribution in [0.2, 0.25) is 0 Å². The normalized spacial score (nSPS) is 11.3. The summed E-state index contributed by atoms with van der Waals surface area (Å²) in [6.45, 7) is 3.33. The van der Waals surface area contributed by atoms with E-state index in [-0.39, 0.29) is 18.0 Å². The van der Waals surface area contributed by atoms with Crippen molar-refractivity contribution in [2.24, 2.45) is 0 Å². The molecule has 0 aliphatic heterocycles. The fraction of sp³-hybridized carbons (Fsp3) is 0.222. The summed E-state index contributed by atoms with van der Waals surface area (Å²) >= 11 is 0. The standard InChI is InChI=1S/C18H21N3O3/c1-12(14-7-9-17(24-3)10-8-14)19-18(23)21-16-6-4-5-15(11-16)20-13(2)22/h4-12H,1-3H3,(H,20,22)(H2,19,21,23). The molecule has 2 aromatic carbocycles. The van der Waals surface area contributed by atoms with Gasteiger partial charge in [0.25, 0.3) is 0 Å². The molecule has 3 amide bonds. The van der Waals surface area contributed by atoms with Crippen LogP contribution in [0.1, 0.15) is 25.5 Å². The summed E-state index contributed by atoms with van der Waals surface area (Å²) in [4.78, 5) is 23.2. The van der Waals surface area contributed by atoms with Crippen molar-refractivity contribution in [1.29, 1.82) is 0 Å². The molecule has 0 aromatic heterocycles. The number of carbonyl (C=O) groups is 2. The highest BCUT2D eigenvalue weighted by atomic mass is 16.5. The van der Waals surface area contributed by atoms with E-state index < -0.39 is 0 Å². The molecule has 0 aliphatic rings. The number of hydrogen-bond acceptors (Lipinski definition) is 3. The molecule has 1 unspecified atom stereocenters. The van der Waals surface area contributed by atoms with E-state index in [1.807, 2.05) is 31.2 Å². The average Bonchev–Trinajstić information content (AvgIpc) is 2.54. The smallest absolute Gasteiger partial charge is 0.319 e. The second-order valence-electron chi connectivity index (χ2n) is 5.36. The first-order valence-corrected chi connectivity index (χ1v) is 7.57. The van der Waals surface area contributed by atoms with Gasteiger partial charge in [0.05, 0.1) is 13.2 Å². The Morgan fingerprint density at radius 2 is 1.62 bits per heavy atom. The van der Waals surface area contributed by atoms with Crippen LogP contribution >= 0.6 is 0 Å². The number of carbonyl (C=O) groups excluding carboxylic acids is 2. The first-order valence-electron chi connectivity index (χ1n) is 7.57. The highest BCUT2D eigenvalue weighted by Gasteiger charge is 2.10. The van der Waals surface area contributed by atoms with Crippen LogP contribution in [0.4, 0.5) is 16.2 Å². The third-order valence-corrected chi connectivity index (χ3v) is 3.40. The molecule has 2 aromatic rings. The lowest BCUT2D eigenvalue weighted by Gasteiger charge is -2.16. The van der Waals surface area contributed by atoms with Gasteiger partial charge in [0.2, 0.25) is 5.91 Å². The van der Waals surface area contributed by atoms with E-state index in [9.17, 15) is 9.59 Å². The van der Waals surface area contributed by atoms with Gasteiger partial charge in [0.1, 0.15) is 5.75 Å². The Balaban J connectivity index is 1.95. The first kappa shape index (κ1) is 17.3. The molecule has 0 heterocycles. The number of anilines is 2. The maximum Gasteiger partial charge on any atom is 0.319 e. The molecule has 6 heteroatoms. The zero-order chi connectivity index (χ0) is 17.5.